The molecule has 0 radical (unpaired) electrons. The van der Waals surface area contributed by atoms with E-state index in [-0.39, 0.29) is 17.8 Å². The van der Waals surface area contributed by atoms with Gasteiger partial charge in [0.1, 0.15) is 5.82 Å². The lowest BCUT2D eigenvalue weighted by molar-refractivity contribution is 0.187. The van der Waals surface area contributed by atoms with E-state index in [1.54, 1.807) is 17.0 Å². The first-order valence-corrected chi connectivity index (χ1v) is 9.30. The highest BCUT2D eigenvalue weighted by Gasteiger charge is 2.28. The van der Waals surface area contributed by atoms with E-state index in [0.29, 0.717) is 30.4 Å². The SMILES string of the molecule is Cc1cccc(NC(=O)N2CCCC(c3nnc(-c4ccc(F)cc4)o3)C2)c1. The van der Waals surface area contributed by atoms with Crippen molar-refractivity contribution in [2.24, 2.45) is 0 Å². The molecule has 2 aromatic carbocycles. The van der Waals surface area contributed by atoms with E-state index in [4.69, 9.17) is 4.42 Å². The van der Waals surface area contributed by atoms with Crippen LogP contribution in [0.2, 0.25) is 0 Å². The molecule has 28 heavy (non-hydrogen) atoms. The Labute approximate surface area is 162 Å². The van der Waals surface area contributed by atoms with Crippen LogP contribution in [-0.4, -0.2) is 34.2 Å². The van der Waals surface area contributed by atoms with Crippen LogP contribution in [-0.2, 0) is 0 Å². The van der Waals surface area contributed by atoms with Gasteiger partial charge in [-0.15, -0.1) is 10.2 Å². The molecule has 1 atom stereocenters. The molecule has 1 saturated heterocycles. The van der Waals surface area contributed by atoms with E-state index >= 15 is 0 Å². The number of amides is 2. The van der Waals surface area contributed by atoms with Gasteiger partial charge in [-0.05, 0) is 61.7 Å². The van der Waals surface area contributed by atoms with Crippen molar-refractivity contribution in [1.29, 1.82) is 0 Å². The monoisotopic (exact) mass is 380 g/mol. The molecule has 7 heteroatoms. The smallest absolute Gasteiger partial charge is 0.321 e. The molecule has 0 bridgehead atoms. The van der Waals surface area contributed by atoms with Crippen LogP contribution in [0.1, 0.15) is 30.2 Å². The maximum absolute atomic E-state index is 13.1. The van der Waals surface area contributed by atoms with Crippen molar-refractivity contribution in [3.8, 4) is 11.5 Å². The number of hydrogen-bond acceptors (Lipinski definition) is 4. The minimum atomic E-state index is -0.314. The molecule has 1 aliphatic heterocycles. The van der Waals surface area contributed by atoms with Crippen LogP contribution < -0.4 is 5.32 Å². The molecule has 0 saturated carbocycles. The van der Waals surface area contributed by atoms with Gasteiger partial charge in [0.05, 0.1) is 5.92 Å². The van der Waals surface area contributed by atoms with Crippen molar-refractivity contribution in [3.05, 3.63) is 65.8 Å². The van der Waals surface area contributed by atoms with E-state index in [0.717, 1.165) is 24.1 Å². The Morgan fingerprint density at radius 3 is 2.82 bits per heavy atom. The summed E-state index contributed by atoms with van der Waals surface area (Å²) in [6, 6.07) is 13.5. The first-order chi connectivity index (χ1) is 13.6. The number of anilines is 1. The molecule has 4 rings (SSSR count). The number of aryl methyl sites for hydroxylation is 1. The minimum Gasteiger partial charge on any atom is -0.420 e. The predicted molar refractivity (Wildman–Crippen MR) is 103 cm³/mol. The maximum Gasteiger partial charge on any atom is 0.321 e. The molecule has 1 aliphatic rings. The zero-order valence-electron chi connectivity index (χ0n) is 15.6. The van der Waals surface area contributed by atoms with Crippen molar-refractivity contribution < 1.29 is 13.6 Å². The van der Waals surface area contributed by atoms with Crippen molar-refractivity contribution in [3.63, 3.8) is 0 Å². The molecule has 1 unspecified atom stereocenters. The molecular formula is C21H21FN4O2. The van der Waals surface area contributed by atoms with Crippen molar-refractivity contribution in [2.75, 3.05) is 18.4 Å². The van der Waals surface area contributed by atoms with Gasteiger partial charge in [0.15, 0.2) is 0 Å². The Morgan fingerprint density at radius 1 is 1.21 bits per heavy atom. The number of benzene rings is 2. The molecule has 0 spiro atoms. The Bertz CT molecular complexity index is 971. The van der Waals surface area contributed by atoms with Gasteiger partial charge in [0, 0.05) is 24.3 Å². The topological polar surface area (TPSA) is 71.3 Å². The van der Waals surface area contributed by atoms with Gasteiger partial charge in [0.25, 0.3) is 0 Å². The number of carbonyl (C=O) groups is 1. The fourth-order valence-corrected chi connectivity index (χ4v) is 3.40. The van der Waals surface area contributed by atoms with Crippen molar-refractivity contribution in [1.82, 2.24) is 15.1 Å². The van der Waals surface area contributed by atoms with Crippen LogP contribution in [0.25, 0.3) is 11.5 Å². The third kappa shape index (κ3) is 4.03. The number of carbonyl (C=O) groups excluding carboxylic acids is 1. The number of nitrogens with one attached hydrogen (secondary N) is 1. The van der Waals surface area contributed by atoms with Crippen LogP contribution in [0.15, 0.2) is 52.9 Å². The van der Waals surface area contributed by atoms with Gasteiger partial charge < -0.3 is 14.6 Å². The summed E-state index contributed by atoms with van der Waals surface area (Å²) in [4.78, 5) is 14.4. The van der Waals surface area contributed by atoms with Gasteiger partial charge in [-0.3, -0.25) is 0 Å². The first kappa shape index (κ1) is 18.2. The van der Waals surface area contributed by atoms with Gasteiger partial charge in [0.2, 0.25) is 11.8 Å². The molecule has 0 aliphatic carbocycles. The summed E-state index contributed by atoms with van der Waals surface area (Å²) in [5.41, 5.74) is 2.54. The number of likely N-dealkylation sites (tertiary alicyclic amines) is 1. The van der Waals surface area contributed by atoms with Crippen LogP contribution in [0, 0.1) is 12.7 Å². The summed E-state index contributed by atoms with van der Waals surface area (Å²) in [5, 5.41) is 11.2. The Balaban J connectivity index is 1.43. The second-order valence-electron chi connectivity index (χ2n) is 7.04. The van der Waals surface area contributed by atoms with Crippen LogP contribution in [0.3, 0.4) is 0 Å². The number of urea groups is 1. The van der Waals surface area contributed by atoms with Crippen LogP contribution >= 0.6 is 0 Å². The lowest BCUT2D eigenvalue weighted by atomic mass is 9.98. The van der Waals surface area contributed by atoms with Gasteiger partial charge in [-0.25, -0.2) is 9.18 Å². The minimum absolute atomic E-state index is 0.0151. The normalized spacial score (nSPS) is 16.8. The zero-order chi connectivity index (χ0) is 19.5. The Morgan fingerprint density at radius 2 is 2.04 bits per heavy atom. The van der Waals surface area contributed by atoms with E-state index in [1.165, 1.54) is 12.1 Å². The molecule has 1 aromatic heterocycles. The average Bonchev–Trinajstić information content (AvgIpc) is 3.19. The molecular weight excluding hydrogens is 359 g/mol. The van der Waals surface area contributed by atoms with E-state index < -0.39 is 0 Å². The van der Waals surface area contributed by atoms with Crippen molar-refractivity contribution in [2.45, 2.75) is 25.7 Å². The molecule has 1 fully saturated rings. The Kier molecular flexibility index (Phi) is 5.06. The third-order valence-corrected chi connectivity index (χ3v) is 4.86. The first-order valence-electron chi connectivity index (χ1n) is 9.30. The van der Waals surface area contributed by atoms with Gasteiger partial charge in [-0.2, -0.15) is 0 Å². The maximum atomic E-state index is 13.1. The summed E-state index contributed by atoms with van der Waals surface area (Å²) >= 11 is 0. The number of hydrogen-bond donors (Lipinski definition) is 1. The highest BCUT2D eigenvalue weighted by atomic mass is 19.1. The fourth-order valence-electron chi connectivity index (χ4n) is 3.40. The average molecular weight is 380 g/mol. The largest absolute Gasteiger partial charge is 0.420 e. The molecule has 1 N–H and O–H groups in total. The third-order valence-electron chi connectivity index (χ3n) is 4.86. The summed E-state index contributed by atoms with van der Waals surface area (Å²) < 4.78 is 18.9. The van der Waals surface area contributed by atoms with Gasteiger partial charge in [-0.1, -0.05) is 12.1 Å². The highest BCUT2D eigenvalue weighted by molar-refractivity contribution is 5.89. The lowest BCUT2D eigenvalue weighted by Crippen LogP contribution is -2.41. The molecule has 2 amide bonds. The number of halogens is 1. The second kappa shape index (κ2) is 7.80. The number of nitrogens with zero attached hydrogens (tertiary/aromatic N) is 3. The summed E-state index contributed by atoms with van der Waals surface area (Å²) in [6.45, 7) is 3.19. The molecule has 3 aromatic rings. The number of aromatic nitrogens is 2. The summed E-state index contributed by atoms with van der Waals surface area (Å²) in [5.74, 6) is 0.536. The lowest BCUT2D eigenvalue weighted by Gasteiger charge is -2.31. The second-order valence-corrected chi connectivity index (χ2v) is 7.04. The van der Waals surface area contributed by atoms with Gasteiger partial charge >= 0.3 is 6.03 Å². The summed E-state index contributed by atoms with van der Waals surface area (Å²) in [7, 11) is 0. The number of piperidine rings is 1. The standard InChI is InChI=1S/C21H21FN4O2/c1-14-4-2-6-18(12-14)23-21(27)26-11-3-5-16(13-26)20-25-24-19(28-20)15-7-9-17(22)10-8-15/h2,4,6-10,12,16H,3,5,11,13H2,1H3,(H,23,27). The molecule has 6 nitrogen and oxygen atoms in total. The van der Waals surface area contributed by atoms with Crippen LogP contribution in [0.4, 0.5) is 14.9 Å². The zero-order valence-corrected chi connectivity index (χ0v) is 15.6. The quantitative estimate of drug-likeness (QED) is 0.721. The van der Waals surface area contributed by atoms with E-state index in [2.05, 4.69) is 15.5 Å². The van der Waals surface area contributed by atoms with E-state index in [9.17, 15) is 9.18 Å². The summed E-state index contributed by atoms with van der Waals surface area (Å²) in [6.07, 6.45) is 1.74. The van der Waals surface area contributed by atoms with Crippen molar-refractivity contribution >= 4 is 11.7 Å². The Hall–Kier alpha value is -3.22. The predicted octanol–water partition coefficient (Wildman–Crippen LogP) is 4.60. The molecule has 2 heterocycles. The van der Waals surface area contributed by atoms with E-state index in [1.807, 2.05) is 31.2 Å². The number of rotatable bonds is 3. The highest BCUT2D eigenvalue weighted by Crippen LogP contribution is 2.29. The molecule has 144 valence electrons. The van der Waals surface area contributed by atoms with Crippen LogP contribution in [0.5, 0.6) is 0 Å². The fraction of sp³-hybridized carbons (Fsp3) is 0.286.